The lowest BCUT2D eigenvalue weighted by molar-refractivity contribution is -0.140. The molecule has 2 aliphatic heterocycles. The number of hydrogen-bond donors (Lipinski definition) is 3. The highest BCUT2D eigenvalue weighted by Gasteiger charge is 2.63. The smallest absolute Gasteiger partial charge is 0.259 e. The third-order valence-electron chi connectivity index (χ3n) is 10.4. The number of aryl methyl sites for hydroxylation is 1. The monoisotopic (exact) mass is 697 g/mol. The first-order valence-corrected chi connectivity index (χ1v) is 18.7. The van der Waals surface area contributed by atoms with Gasteiger partial charge in [-0.25, -0.2) is 13.4 Å². The summed E-state index contributed by atoms with van der Waals surface area (Å²) >= 11 is 0. The summed E-state index contributed by atoms with van der Waals surface area (Å²) in [7, 11) is -2.35. The van der Waals surface area contributed by atoms with E-state index in [1.54, 1.807) is 20.1 Å². The average Bonchev–Trinajstić information content (AvgIpc) is 3.94. The van der Waals surface area contributed by atoms with Crippen molar-refractivity contribution in [3.05, 3.63) is 35.9 Å². The Morgan fingerprint density at radius 3 is 2.67 bits per heavy atom. The Hall–Kier alpha value is -3.91. The van der Waals surface area contributed by atoms with Gasteiger partial charge in [-0.2, -0.15) is 0 Å². The van der Waals surface area contributed by atoms with Crippen molar-refractivity contribution in [1.29, 1.82) is 0 Å². The minimum atomic E-state index is -3.94. The van der Waals surface area contributed by atoms with Crippen LogP contribution in [0.4, 0.5) is 0 Å². The van der Waals surface area contributed by atoms with Crippen LogP contribution in [0.3, 0.4) is 0 Å². The molecule has 0 spiro atoms. The second-order valence-corrected chi connectivity index (χ2v) is 16.2. The number of sulfonamides is 1. The van der Waals surface area contributed by atoms with Gasteiger partial charge in [-0.05, 0) is 71.4 Å². The summed E-state index contributed by atoms with van der Waals surface area (Å²) < 4.78 is 45.2. The summed E-state index contributed by atoms with van der Waals surface area (Å²) in [5.74, 6) is -0.572. The molecule has 3 amide bonds. The van der Waals surface area contributed by atoms with E-state index in [1.165, 1.54) is 4.90 Å². The number of ether oxygens (including phenoxy) is 3. The van der Waals surface area contributed by atoms with E-state index in [0.717, 1.165) is 31.2 Å². The highest BCUT2D eigenvalue weighted by atomic mass is 32.2. The first kappa shape index (κ1) is 34.9. The SMILES string of the molecule is CCOc1cc(OC2CC3C(=O)NC4(C(=O)NS(=O)(=O)C5(C)CC5)CC4C=CCCCCCC(N)C(=O)N3C2)c2ccc(OC)c(C)c2n1. The number of rotatable bonds is 8. The Balaban J connectivity index is 1.30. The fourth-order valence-corrected chi connectivity index (χ4v) is 8.23. The molecule has 14 heteroatoms. The average molecular weight is 698 g/mol. The molecule has 3 heterocycles. The van der Waals surface area contributed by atoms with Crippen LogP contribution in [0.5, 0.6) is 17.4 Å². The second kappa shape index (κ2) is 13.4. The molecule has 266 valence electrons. The van der Waals surface area contributed by atoms with E-state index in [9.17, 15) is 22.8 Å². The lowest BCUT2D eigenvalue weighted by Crippen LogP contribution is -2.58. The molecule has 5 unspecified atom stereocenters. The maximum atomic E-state index is 14.2. The van der Waals surface area contributed by atoms with Crippen LogP contribution >= 0.6 is 0 Å². The van der Waals surface area contributed by atoms with Crippen LogP contribution in [0.25, 0.3) is 10.9 Å². The fraction of sp³-hybridized carbons (Fsp3) is 0.600. The zero-order chi connectivity index (χ0) is 35.1. The molecule has 1 saturated heterocycles. The van der Waals surface area contributed by atoms with Crippen LogP contribution < -0.4 is 30.0 Å². The summed E-state index contributed by atoms with van der Waals surface area (Å²) in [6.07, 6.45) is 8.29. The zero-order valence-electron chi connectivity index (χ0n) is 28.6. The lowest BCUT2D eigenvalue weighted by atomic mass is 10.1. The minimum Gasteiger partial charge on any atom is -0.496 e. The van der Waals surface area contributed by atoms with Gasteiger partial charge in [0.25, 0.3) is 5.91 Å². The molecule has 0 radical (unpaired) electrons. The normalized spacial score (nSPS) is 28.4. The van der Waals surface area contributed by atoms with Crippen molar-refractivity contribution in [2.24, 2.45) is 11.7 Å². The Labute approximate surface area is 287 Å². The van der Waals surface area contributed by atoms with E-state index in [1.807, 2.05) is 38.1 Å². The van der Waals surface area contributed by atoms with Crippen molar-refractivity contribution in [1.82, 2.24) is 19.9 Å². The number of hydrogen-bond acceptors (Lipinski definition) is 10. The number of allylic oxidation sites excluding steroid dienone is 1. The quantitative estimate of drug-likeness (QED) is 0.347. The van der Waals surface area contributed by atoms with Crippen LogP contribution in [-0.2, 0) is 24.4 Å². The molecule has 13 nitrogen and oxygen atoms in total. The number of methoxy groups -OCH3 is 1. The number of fused-ring (bicyclic) bond motifs is 3. The van der Waals surface area contributed by atoms with Gasteiger partial charge < -0.3 is 30.2 Å². The first-order chi connectivity index (χ1) is 23.3. The largest absolute Gasteiger partial charge is 0.496 e. The molecule has 4 aliphatic rings. The number of amides is 3. The third-order valence-corrected chi connectivity index (χ3v) is 12.6. The molecule has 2 aromatic rings. The Morgan fingerprint density at radius 2 is 1.96 bits per heavy atom. The van der Waals surface area contributed by atoms with Crippen LogP contribution in [0.1, 0.15) is 77.2 Å². The second-order valence-electron chi connectivity index (χ2n) is 14.0. The van der Waals surface area contributed by atoms with Crippen molar-refractivity contribution in [2.45, 2.75) is 107 Å². The van der Waals surface area contributed by atoms with Crippen molar-refractivity contribution >= 4 is 38.6 Å². The summed E-state index contributed by atoms with van der Waals surface area (Å²) in [5.41, 5.74) is 6.40. The van der Waals surface area contributed by atoms with E-state index in [0.29, 0.717) is 54.2 Å². The maximum absolute atomic E-state index is 14.2. The van der Waals surface area contributed by atoms with E-state index in [4.69, 9.17) is 19.9 Å². The number of pyridine rings is 1. The third kappa shape index (κ3) is 6.81. The molecule has 49 heavy (non-hydrogen) atoms. The first-order valence-electron chi connectivity index (χ1n) is 17.2. The Bertz CT molecular complexity index is 1780. The molecule has 0 bridgehead atoms. The van der Waals surface area contributed by atoms with Gasteiger partial charge in [0.1, 0.15) is 29.2 Å². The highest BCUT2D eigenvalue weighted by Crippen LogP contribution is 2.47. The summed E-state index contributed by atoms with van der Waals surface area (Å²) in [4.78, 5) is 47.8. The number of aromatic nitrogens is 1. The molecule has 2 aliphatic carbocycles. The topological polar surface area (TPSA) is 179 Å². The molecule has 4 N–H and O–H groups in total. The summed E-state index contributed by atoms with van der Waals surface area (Å²) in [6, 6.07) is 3.56. The lowest BCUT2D eigenvalue weighted by Gasteiger charge is -2.28. The summed E-state index contributed by atoms with van der Waals surface area (Å²) in [5, 5.41) is 3.61. The number of nitrogens with one attached hydrogen (secondary N) is 2. The van der Waals surface area contributed by atoms with Crippen LogP contribution in [0.15, 0.2) is 30.4 Å². The van der Waals surface area contributed by atoms with Crippen LogP contribution in [0.2, 0.25) is 0 Å². The van der Waals surface area contributed by atoms with Gasteiger partial charge >= 0.3 is 0 Å². The Morgan fingerprint density at radius 1 is 1.18 bits per heavy atom. The van der Waals surface area contributed by atoms with Crippen molar-refractivity contribution in [3.63, 3.8) is 0 Å². The molecular formula is C35H47N5O8S. The van der Waals surface area contributed by atoms with E-state index in [2.05, 4.69) is 15.0 Å². The van der Waals surface area contributed by atoms with E-state index >= 15 is 0 Å². The van der Waals surface area contributed by atoms with Gasteiger partial charge in [0.15, 0.2) is 0 Å². The molecule has 1 aromatic heterocycles. The van der Waals surface area contributed by atoms with Gasteiger partial charge in [0, 0.05) is 29.4 Å². The van der Waals surface area contributed by atoms with E-state index < -0.39 is 50.3 Å². The zero-order valence-corrected chi connectivity index (χ0v) is 29.4. The van der Waals surface area contributed by atoms with Gasteiger partial charge in [-0.15, -0.1) is 0 Å². The van der Waals surface area contributed by atoms with Gasteiger partial charge in [-0.3, -0.25) is 19.1 Å². The van der Waals surface area contributed by atoms with Gasteiger partial charge in [-0.1, -0.05) is 25.0 Å². The van der Waals surface area contributed by atoms with Gasteiger partial charge in [0.05, 0.1) is 36.6 Å². The molecular weight excluding hydrogens is 650 g/mol. The predicted molar refractivity (Wildman–Crippen MR) is 183 cm³/mol. The van der Waals surface area contributed by atoms with Crippen molar-refractivity contribution < 1.29 is 37.0 Å². The number of carbonyl (C=O) groups excluding carboxylic acids is 3. The fourth-order valence-electron chi connectivity index (χ4n) is 6.92. The molecule has 2 saturated carbocycles. The summed E-state index contributed by atoms with van der Waals surface area (Å²) in [6.45, 7) is 5.83. The van der Waals surface area contributed by atoms with Gasteiger partial charge in [0.2, 0.25) is 27.7 Å². The predicted octanol–water partition coefficient (Wildman–Crippen LogP) is 3.02. The standard InChI is InChI=1S/C35H47N5O8S/c1-5-47-29-18-28(24-13-14-27(46-4)21(2)30(24)37-29)48-23-17-26-31(41)38-35(33(43)39-49(44,45)34(3)15-16-34)19-22(35)11-9-7-6-8-10-12-25(36)32(42)40(26)20-23/h9,11,13-14,18,22-23,25-26H,5-8,10,12,15-17,19-20,36H2,1-4H3,(H,38,41)(H,39,43). The molecule has 5 atom stereocenters. The van der Waals surface area contributed by atoms with Crippen molar-refractivity contribution in [2.75, 3.05) is 20.3 Å². The van der Waals surface area contributed by atoms with Crippen LogP contribution in [-0.4, -0.2) is 84.8 Å². The maximum Gasteiger partial charge on any atom is 0.259 e. The molecule has 6 rings (SSSR count). The number of nitrogens with zero attached hydrogens (tertiary/aromatic N) is 2. The highest BCUT2D eigenvalue weighted by molar-refractivity contribution is 7.91. The van der Waals surface area contributed by atoms with Crippen molar-refractivity contribution in [3.8, 4) is 17.4 Å². The van der Waals surface area contributed by atoms with Crippen LogP contribution in [0, 0.1) is 12.8 Å². The molecule has 1 aromatic carbocycles. The minimum absolute atomic E-state index is 0.0861. The Kier molecular flexibility index (Phi) is 9.57. The number of benzene rings is 1. The number of nitrogens with two attached hydrogens (primary N) is 1. The molecule has 3 fully saturated rings. The van der Waals surface area contributed by atoms with E-state index in [-0.39, 0.29) is 31.2 Å². The number of carbonyl (C=O) groups is 3.